The number of hydrogen-bond donors (Lipinski definition) is 2. The summed E-state index contributed by atoms with van der Waals surface area (Å²) in [6.45, 7) is 0.574. The number of benzene rings is 2. The molecule has 1 amide bonds. The van der Waals surface area contributed by atoms with Crippen LogP contribution in [0.3, 0.4) is 0 Å². The number of nitrogens with one attached hydrogen (secondary N) is 2. The minimum absolute atomic E-state index is 0.0539. The molecule has 0 radical (unpaired) electrons. The van der Waals surface area contributed by atoms with Crippen molar-refractivity contribution in [1.29, 1.82) is 0 Å². The summed E-state index contributed by atoms with van der Waals surface area (Å²) in [5, 5.41) is 11.8. The van der Waals surface area contributed by atoms with Gasteiger partial charge in [0.25, 0.3) is 0 Å². The highest BCUT2D eigenvalue weighted by Gasteiger charge is 2.09. The number of halogens is 2. The molecule has 0 saturated heterocycles. The molecule has 0 saturated carbocycles. The van der Waals surface area contributed by atoms with Crippen molar-refractivity contribution in [3.63, 3.8) is 0 Å². The quantitative estimate of drug-likeness (QED) is 0.575. The maximum Gasteiger partial charge on any atom is 0.230 e. The zero-order chi connectivity index (χ0) is 18.4. The van der Waals surface area contributed by atoms with Crippen LogP contribution in [0.2, 0.25) is 10.0 Å². The number of H-pyrrole nitrogens is 1. The van der Waals surface area contributed by atoms with E-state index in [0.717, 1.165) is 17.5 Å². The summed E-state index contributed by atoms with van der Waals surface area (Å²) < 4.78 is 0. The maximum absolute atomic E-state index is 11.9. The first-order chi connectivity index (χ1) is 12.6. The molecule has 1 aromatic heterocycles. The predicted octanol–water partition coefficient (Wildman–Crippen LogP) is 4.23. The molecule has 0 aliphatic carbocycles. The summed E-state index contributed by atoms with van der Waals surface area (Å²) in [4.78, 5) is 16.3. The summed E-state index contributed by atoms with van der Waals surface area (Å²) in [5.74, 6) is 0.854. The molecule has 26 heavy (non-hydrogen) atoms. The molecule has 0 atom stereocenters. The summed E-state index contributed by atoms with van der Waals surface area (Å²) in [6, 6.07) is 14.9. The molecule has 3 rings (SSSR count). The van der Waals surface area contributed by atoms with E-state index in [9.17, 15) is 4.79 Å². The van der Waals surface area contributed by atoms with Crippen LogP contribution in [0.5, 0.6) is 0 Å². The molecule has 5 nitrogen and oxygen atoms in total. The van der Waals surface area contributed by atoms with Crippen LogP contribution in [-0.4, -0.2) is 33.4 Å². The van der Waals surface area contributed by atoms with Gasteiger partial charge in [-0.1, -0.05) is 47.1 Å². The molecule has 134 valence electrons. The second-order valence-corrected chi connectivity index (χ2v) is 7.30. The lowest BCUT2D eigenvalue weighted by molar-refractivity contribution is -0.118. The normalized spacial score (nSPS) is 10.7. The van der Waals surface area contributed by atoms with Crippen molar-refractivity contribution >= 4 is 40.9 Å². The zero-order valence-electron chi connectivity index (χ0n) is 13.7. The van der Waals surface area contributed by atoms with Crippen molar-refractivity contribution in [1.82, 2.24) is 20.5 Å². The first-order valence-corrected chi connectivity index (χ1v) is 9.66. The molecule has 0 bridgehead atoms. The maximum atomic E-state index is 11.9. The van der Waals surface area contributed by atoms with Crippen LogP contribution < -0.4 is 5.32 Å². The molecule has 2 N–H and O–H groups in total. The highest BCUT2D eigenvalue weighted by molar-refractivity contribution is 7.99. The topological polar surface area (TPSA) is 70.7 Å². The standard InChI is InChI=1S/C18H16Cl2N4OS/c19-14-5-1-12(2-6-14)9-10-21-16(25)11-26-18-22-17(23-24-18)13-3-7-15(20)8-4-13/h1-8H,9-11H2,(H,21,25)(H,22,23,24). The van der Waals surface area contributed by atoms with Crippen LogP contribution in [0.15, 0.2) is 53.7 Å². The fraction of sp³-hybridized carbons (Fsp3) is 0.167. The molecule has 0 aliphatic rings. The number of aromatic amines is 1. The Hall–Kier alpha value is -2.02. The Balaban J connectivity index is 1.43. The predicted molar refractivity (Wildman–Crippen MR) is 106 cm³/mol. The third-order valence-corrected chi connectivity index (χ3v) is 4.92. The van der Waals surface area contributed by atoms with Gasteiger partial charge in [-0.2, -0.15) is 0 Å². The van der Waals surface area contributed by atoms with Gasteiger partial charge >= 0.3 is 0 Å². The van der Waals surface area contributed by atoms with Gasteiger partial charge in [0.05, 0.1) is 5.75 Å². The van der Waals surface area contributed by atoms with E-state index in [1.807, 2.05) is 36.4 Å². The number of rotatable bonds is 7. The average molecular weight is 407 g/mol. The van der Waals surface area contributed by atoms with E-state index in [1.54, 1.807) is 12.1 Å². The van der Waals surface area contributed by atoms with Gasteiger partial charge < -0.3 is 5.32 Å². The molecule has 3 aromatic rings. The number of aromatic nitrogens is 3. The highest BCUT2D eigenvalue weighted by Crippen LogP contribution is 2.20. The molecule has 0 spiro atoms. The molecule has 0 fully saturated rings. The summed E-state index contributed by atoms with van der Waals surface area (Å²) >= 11 is 13.0. The van der Waals surface area contributed by atoms with Crippen LogP contribution >= 0.6 is 35.0 Å². The van der Waals surface area contributed by atoms with E-state index in [2.05, 4.69) is 20.5 Å². The SMILES string of the molecule is O=C(CSc1n[nH]c(-c2ccc(Cl)cc2)n1)NCCc1ccc(Cl)cc1. The van der Waals surface area contributed by atoms with Crippen molar-refractivity contribution in [3.8, 4) is 11.4 Å². The van der Waals surface area contributed by atoms with Crippen molar-refractivity contribution < 1.29 is 4.79 Å². The largest absolute Gasteiger partial charge is 0.355 e. The summed E-state index contributed by atoms with van der Waals surface area (Å²) in [5.41, 5.74) is 2.02. The lowest BCUT2D eigenvalue weighted by atomic mass is 10.1. The minimum Gasteiger partial charge on any atom is -0.355 e. The fourth-order valence-electron chi connectivity index (χ4n) is 2.23. The Morgan fingerprint density at radius 1 is 1.04 bits per heavy atom. The number of nitrogens with zero attached hydrogens (tertiary/aromatic N) is 2. The third-order valence-electron chi connectivity index (χ3n) is 3.56. The lowest BCUT2D eigenvalue weighted by Crippen LogP contribution is -2.27. The second-order valence-electron chi connectivity index (χ2n) is 5.49. The Bertz CT molecular complexity index is 866. The molecular formula is C18H16Cl2N4OS. The number of carbonyl (C=O) groups excluding carboxylic acids is 1. The number of carbonyl (C=O) groups is 1. The molecular weight excluding hydrogens is 391 g/mol. The average Bonchev–Trinajstić information content (AvgIpc) is 3.11. The van der Waals surface area contributed by atoms with Crippen LogP contribution in [0.4, 0.5) is 0 Å². The monoisotopic (exact) mass is 406 g/mol. The summed E-state index contributed by atoms with van der Waals surface area (Å²) in [7, 11) is 0. The fourth-order valence-corrected chi connectivity index (χ4v) is 3.11. The summed E-state index contributed by atoms with van der Waals surface area (Å²) in [6.07, 6.45) is 0.759. The first kappa shape index (κ1) is 18.8. The van der Waals surface area contributed by atoms with Gasteiger partial charge in [-0.25, -0.2) is 4.98 Å². The molecule has 0 unspecified atom stereocenters. The highest BCUT2D eigenvalue weighted by atomic mass is 35.5. The Morgan fingerprint density at radius 3 is 2.38 bits per heavy atom. The molecule has 2 aromatic carbocycles. The molecule has 1 heterocycles. The number of hydrogen-bond acceptors (Lipinski definition) is 4. The van der Waals surface area contributed by atoms with E-state index in [0.29, 0.717) is 27.6 Å². The van der Waals surface area contributed by atoms with Crippen LogP contribution in [0, 0.1) is 0 Å². The van der Waals surface area contributed by atoms with E-state index in [4.69, 9.17) is 23.2 Å². The van der Waals surface area contributed by atoms with Gasteiger partial charge in [0, 0.05) is 22.2 Å². The van der Waals surface area contributed by atoms with Crippen molar-refractivity contribution in [3.05, 3.63) is 64.1 Å². The third kappa shape index (κ3) is 5.49. The van der Waals surface area contributed by atoms with E-state index < -0.39 is 0 Å². The molecule has 8 heteroatoms. The van der Waals surface area contributed by atoms with Crippen molar-refractivity contribution in [2.45, 2.75) is 11.6 Å². The van der Waals surface area contributed by atoms with Crippen molar-refractivity contribution in [2.24, 2.45) is 0 Å². The lowest BCUT2D eigenvalue weighted by Gasteiger charge is -2.04. The van der Waals surface area contributed by atoms with Crippen molar-refractivity contribution in [2.75, 3.05) is 12.3 Å². The Morgan fingerprint density at radius 2 is 1.69 bits per heavy atom. The van der Waals surface area contributed by atoms with E-state index in [-0.39, 0.29) is 11.7 Å². The van der Waals surface area contributed by atoms with Gasteiger partial charge in [-0.05, 0) is 48.4 Å². The number of thioether (sulfide) groups is 1. The number of amides is 1. The van der Waals surface area contributed by atoms with E-state index in [1.165, 1.54) is 11.8 Å². The molecule has 0 aliphatic heterocycles. The Kier molecular flexibility index (Phi) is 6.55. The minimum atomic E-state index is -0.0539. The smallest absolute Gasteiger partial charge is 0.230 e. The first-order valence-electron chi connectivity index (χ1n) is 7.92. The zero-order valence-corrected chi connectivity index (χ0v) is 16.0. The van der Waals surface area contributed by atoms with Gasteiger partial charge in [-0.3, -0.25) is 9.89 Å². The Labute approximate surface area is 165 Å². The van der Waals surface area contributed by atoms with Gasteiger partial charge in [0.2, 0.25) is 11.1 Å². The van der Waals surface area contributed by atoms with Crippen LogP contribution in [0.25, 0.3) is 11.4 Å². The second kappa shape index (κ2) is 9.07. The van der Waals surface area contributed by atoms with E-state index >= 15 is 0 Å². The van der Waals surface area contributed by atoms with Gasteiger partial charge in [0.1, 0.15) is 0 Å². The van der Waals surface area contributed by atoms with Gasteiger partial charge in [-0.15, -0.1) is 5.10 Å². The van der Waals surface area contributed by atoms with Crippen LogP contribution in [-0.2, 0) is 11.2 Å². The van der Waals surface area contributed by atoms with Crippen LogP contribution in [0.1, 0.15) is 5.56 Å². The van der Waals surface area contributed by atoms with Gasteiger partial charge in [0.15, 0.2) is 5.82 Å².